The van der Waals surface area contributed by atoms with Crippen LogP contribution >= 0.6 is 0 Å². The Morgan fingerprint density at radius 3 is 2.71 bits per heavy atom. The first kappa shape index (κ1) is 25.5. The van der Waals surface area contributed by atoms with Gasteiger partial charge in [-0.15, -0.1) is 0 Å². The molecule has 0 bridgehead atoms. The SMILES string of the molecule is Cc1nc2c(F)cc(-c3nc(Nc4ccc5c(n4)CCN(CCN=C(N)N)C5)ncc3F)cc2n1C(C)C. The summed E-state index contributed by atoms with van der Waals surface area (Å²) in [5.41, 5.74) is 14.0. The maximum Gasteiger partial charge on any atom is 0.229 e. The Morgan fingerprint density at radius 2 is 1.95 bits per heavy atom. The quantitative estimate of drug-likeness (QED) is 0.249. The Labute approximate surface area is 218 Å². The van der Waals surface area contributed by atoms with E-state index >= 15 is 0 Å². The van der Waals surface area contributed by atoms with Crippen LogP contribution < -0.4 is 16.8 Å². The van der Waals surface area contributed by atoms with Crippen molar-refractivity contribution in [1.29, 1.82) is 0 Å². The number of nitrogens with zero attached hydrogens (tertiary/aromatic N) is 7. The van der Waals surface area contributed by atoms with E-state index in [1.807, 2.05) is 37.5 Å². The van der Waals surface area contributed by atoms with Crippen molar-refractivity contribution in [3.05, 3.63) is 59.2 Å². The van der Waals surface area contributed by atoms with Crippen molar-refractivity contribution >= 4 is 28.8 Å². The number of benzene rings is 1. The third kappa shape index (κ3) is 5.12. The first-order chi connectivity index (χ1) is 18.2. The van der Waals surface area contributed by atoms with Crippen molar-refractivity contribution in [3.8, 4) is 11.3 Å². The van der Waals surface area contributed by atoms with Crippen LogP contribution in [0.15, 0.2) is 35.5 Å². The molecule has 5 N–H and O–H groups in total. The molecule has 12 heteroatoms. The first-order valence-corrected chi connectivity index (χ1v) is 12.4. The van der Waals surface area contributed by atoms with Crippen LogP contribution in [0.5, 0.6) is 0 Å². The van der Waals surface area contributed by atoms with E-state index in [0.29, 0.717) is 29.3 Å². The molecule has 0 saturated heterocycles. The second-order valence-corrected chi connectivity index (χ2v) is 9.60. The standard InChI is InChI=1S/C26H30F2N10/c1-14(2)38-15(3)33-24-18(27)10-17(11-21(24)38)23-19(28)12-32-26(36-23)35-22-5-4-16-13-37(8-6-20(16)34-22)9-7-31-25(29)30/h4-5,10-12,14H,6-9,13H2,1-3H3,(H4,29,30,31)(H,32,34,35,36). The summed E-state index contributed by atoms with van der Waals surface area (Å²) in [6.07, 6.45) is 1.84. The molecule has 1 aliphatic heterocycles. The number of guanidine groups is 1. The lowest BCUT2D eigenvalue weighted by molar-refractivity contribution is 0.259. The molecule has 0 saturated carbocycles. The largest absolute Gasteiger partial charge is 0.370 e. The fourth-order valence-corrected chi connectivity index (χ4v) is 4.86. The number of fused-ring (bicyclic) bond motifs is 2. The highest BCUT2D eigenvalue weighted by Gasteiger charge is 2.20. The number of aryl methyl sites for hydroxylation is 1. The van der Waals surface area contributed by atoms with E-state index in [1.54, 1.807) is 6.07 Å². The Hall–Kier alpha value is -4.19. The molecule has 0 aliphatic carbocycles. The highest BCUT2D eigenvalue weighted by molar-refractivity contribution is 5.83. The third-order valence-electron chi connectivity index (χ3n) is 6.54. The number of nitrogens with one attached hydrogen (secondary N) is 1. The highest BCUT2D eigenvalue weighted by Crippen LogP contribution is 2.30. The summed E-state index contributed by atoms with van der Waals surface area (Å²) in [6, 6.07) is 6.86. The van der Waals surface area contributed by atoms with Gasteiger partial charge in [-0.05, 0) is 44.5 Å². The van der Waals surface area contributed by atoms with Crippen molar-refractivity contribution in [3.63, 3.8) is 0 Å². The van der Waals surface area contributed by atoms with Crippen LogP contribution in [0.2, 0.25) is 0 Å². The summed E-state index contributed by atoms with van der Waals surface area (Å²) in [5.74, 6) is 0.306. The Bertz CT molecular complexity index is 1520. The van der Waals surface area contributed by atoms with Gasteiger partial charge >= 0.3 is 0 Å². The number of aromatic nitrogens is 5. The summed E-state index contributed by atoms with van der Waals surface area (Å²) in [7, 11) is 0. The molecule has 4 aromatic rings. The number of halogens is 2. The van der Waals surface area contributed by atoms with Crippen LogP contribution in [0.1, 0.15) is 37.0 Å². The molecule has 38 heavy (non-hydrogen) atoms. The lowest BCUT2D eigenvalue weighted by Crippen LogP contribution is -2.34. The molecule has 10 nitrogen and oxygen atoms in total. The molecule has 1 aromatic carbocycles. The molecule has 0 atom stereocenters. The van der Waals surface area contributed by atoms with Crippen molar-refractivity contribution in [1.82, 2.24) is 29.4 Å². The number of aliphatic imine (C=N–C) groups is 1. The number of imidazole rings is 1. The van der Waals surface area contributed by atoms with Gasteiger partial charge in [-0.25, -0.2) is 28.7 Å². The Balaban J connectivity index is 1.38. The monoisotopic (exact) mass is 520 g/mol. The first-order valence-electron chi connectivity index (χ1n) is 12.4. The van der Waals surface area contributed by atoms with Crippen molar-refractivity contribution in [2.24, 2.45) is 16.5 Å². The van der Waals surface area contributed by atoms with Gasteiger partial charge in [-0.2, -0.15) is 0 Å². The second kappa shape index (κ2) is 10.3. The number of nitrogens with two attached hydrogens (primary N) is 2. The maximum absolute atomic E-state index is 15.0. The zero-order chi connectivity index (χ0) is 27.0. The Morgan fingerprint density at radius 1 is 1.13 bits per heavy atom. The number of anilines is 2. The lowest BCUT2D eigenvalue weighted by atomic mass is 10.1. The number of hydrogen-bond acceptors (Lipinski definition) is 7. The molecule has 4 heterocycles. The molecule has 1 aliphatic rings. The molecular weight excluding hydrogens is 490 g/mol. The minimum atomic E-state index is -0.652. The molecule has 5 rings (SSSR count). The average molecular weight is 521 g/mol. The van der Waals surface area contributed by atoms with Crippen molar-refractivity contribution in [2.45, 2.75) is 39.8 Å². The molecule has 0 unspecified atom stereocenters. The van der Waals surface area contributed by atoms with E-state index in [-0.39, 0.29) is 29.2 Å². The minimum absolute atomic E-state index is 0.00756. The van der Waals surface area contributed by atoms with Crippen LogP contribution in [-0.2, 0) is 13.0 Å². The van der Waals surface area contributed by atoms with Crippen LogP contribution in [-0.4, -0.2) is 55.0 Å². The van der Waals surface area contributed by atoms with Gasteiger partial charge < -0.3 is 21.4 Å². The molecule has 3 aromatic heterocycles. The molecule has 0 fully saturated rings. The highest BCUT2D eigenvalue weighted by atomic mass is 19.1. The van der Waals surface area contributed by atoms with E-state index < -0.39 is 11.6 Å². The zero-order valence-electron chi connectivity index (χ0n) is 21.5. The normalized spacial score (nSPS) is 13.6. The second-order valence-electron chi connectivity index (χ2n) is 9.60. The van der Waals surface area contributed by atoms with E-state index in [0.717, 1.165) is 43.5 Å². The van der Waals surface area contributed by atoms with E-state index in [9.17, 15) is 8.78 Å². The molecule has 0 amide bonds. The summed E-state index contributed by atoms with van der Waals surface area (Å²) >= 11 is 0. The predicted octanol–water partition coefficient (Wildman–Crippen LogP) is 3.43. The van der Waals surface area contributed by atoms with Gasteiger partial charge in [0.15, 0.2) is 17.6 Å². The van der Waals surface area contributed by atoms with E-state index in [4.69, 9.17) is 16.5 Å². The smallest absolute Gasteiger partial charge is 0.229 e. The van der Waals surface area contributed by atoms with E-state index in [1.165, 1.54) is 6.07 Å². The van der Waals surface area contributed by atoms with Gasteiger partial charge in [0.2, 0.25) is 5.95 Å². The van der Waals surface area contributed by atoms with Crippen molar-refractivity contribution < 1.29 is 8.78 Å². The van der Waals surface area contributed by atoms with Gasteiger partial charge in [-0.1, -0.05) is 6.07 Å². The van der Waals surface area contributed by atoms with Crippen molar-refractivity contribution in [2.75, 3.05) is 25.0 Å². The Kier molecular flexibility index (Phi) is 6.89. The number of rotatable bonds is 7. The lowest BCUT2D eigenvalue weighted by Gasteiger charge is -2.27. The average Bonchev–Trinajstić information content (AvgIpc) is 3.21. The third-order valence-corrected chi connectivity index (χ3v) is 6.54. The topological polar surface area (TPSA) is 136 Å². The summed E-state index contributed by atoms with van der Waals surface area (Å²) in [6.45, 7) is 8.69. The summed E-state index contributed by atoms with van der Waals surface area (Å²) in [4.78, 5) is 23.8. The summed E-state index contributed by atoms with van der Waals surface area (Å²) < 4.78 is 31.7. The molecule has 198 valence electrons. The molecule has 0 radical (unpaired) electrons. The van der Waals surface area contributed by atoms with Gasteiger partial charge in [0.25, 0.3) is 0 Å². The van der Waals surface area contributed by atoms with Gasteiger partial charge in [0.05, 0.1) is 18.3 Å². The van der Waals surface area contributed by atoms with Gasteiger partial charge in [0, 0.05) is 43.4 Å². The molecular formula is C26H30F2N10. The minimum Gasteiger partial charge on any atom is -0.370 e. The van der Waals surface area contributed by atoms with Crippen LogP contribution in [0.3, 0.4) is 0 Å². The van der Waals surface area contributed by atoms with Crippen LogP contribution in [0, 0.1) is 18.6 Å². The van der Waals surface area contributed by atoms with Crippen LogP contribution in [0.4, 0.5) is 20.5 Å². The molecule has 0 spiro atoms. The zero-order valence-corrected chi connectivity index (χ0v) is 21.5. The van der Waals surface area contributed by atoms with Gasteiger partial charge in [-0.3, -0.25) is 9.89 Å². The fraction of sp³-hybridized carbons (Fsp3) is 0.346. The van der Waals surface area contributed by atoms with E-state index in [2.05, 4.69) is 30.2 Å². The van der Waals surface area contributed by atoms with Crippen LogP contribution in [0.25, 0.3) is 22.3 Å². The number of hydrogen-bond donors (Lipinski definition) is 3. The maximum atomic E-state index is 15.0. The predicted molar refractivity (Wildman–Crippen MR) is 143 cm³/mol. The van der Waals surface area contributed by atoms with Gasteiger partial charge in [0.1, 0.15) is 22.9 Å². The number of pyridine rings is 1. The fourth-order valence-electron chi connectivity index (χ4n) is 4.86. The summed E-state index contributed by atoms with van der Waals surface area (Å²) in [5, 5.41) is 3.06.